The number of carboxylic acid groups (broad SMARTS) is 3. The molecular weight excluding hydrogens is 583 g/mol. The van der Waals surface area contributed by atoms with Gasteiger partial charge in [-0.15, -0.1) is 6.58 Å². The number of nitro groups is 1. The zero-order valence-electron chi connectivity index (χ0n) is 18.4. The van der Waals surface area contributed by atoms with Gasteiger partial charge >= 0.3 is 17.9 Å². The van der Waals surface area contributed by atoms with Gasteiger partial charge in [0.25, 0.3) is 11.2 Å². The maximum absolute atomic E-state index is 16.2. The van der Waals surface area contributed by atoms with Crippen molar-refractivity contribution in [3.8, 4) is 0 Å². The summed E-state index contributed by atoms with van der Waals surface area (Å²) >= 11 is 3.10. The third kappa shape index (κ3) is 3.69. The fraction of sp³-hybridized carbons (Fsp3) is 0.136. The molecule has 0 bridgehead atoms. The topological polar surface area (TPSA) is 192 Å². The molecule has 3 rings (SSSR count). The van der Waals surface area contributed by atoms with Gasteiger partial charge in [0, 0.05) is 22.3 Å². The number of aliphatic carboxylic acids is 3. The Kier molecular flexibility index (Phi) is 6.98. The molecule has 2 aromatic carbocycles. The molecule has 0 saturated heterocycles. The molecule has 194 valence electrons. The summed E-state index contributed by atoms with van der Waals surface area (Å²) in [5.41, 5.74) is -7.41. The van der Waals surface area contributed by atoms with Gasteiger partial charge < -0.3 is 15.3 Å². The third-order valence-corrected chi connectivity index (χ3v) is 8.68. The highest BCUT2D eigenvalue weighted by atomic mass is 79.9. The van der Waals surface area contributed by atoms with E-state index in [1.807, 2.05) is 0 Å². The van der Waals surface area contributed by atoms with Crippen LogP contribution in [0.5, 0.6) is 0 Å². The Labute approximate surface area is 216 Å². The number of hydrogen-bond donors (Lipinski definition) is 3. The maximum atomic E-state index is 16.2. The lowest BCUT2D eigenvalue weighted by molar-refractivity contribution is -0.384. The standard InChI is InChI=1S/C22H16BrFN2O10S/c1-2-11-37(35,36)22(12-3-5-13(23)6-4-12)16(18(27)28)17(24)25(21(22,19(29)30)20(31)32)14-7-9-15(10-8-14)26(33)34/h2-10H,1,11H2,(H,27,28)(H,29,30)(H,31,32). The number of rotatable bonds is 9. The zero-order valence-corrected chi connectivity index (χ0v) is 20.8. The molecule has 0 spiro atoms. The van der Waals surface area contributed by atoms with Crippen LogP contribution < -0.4 is 4.90 Å². The number of halogens is 2. The normalized spacial score (nSPS) is 18.9. The van der Waals surface area contributed by atoms with E-state index < -0.39 is 77.2 Å². The smallest absolute Gasteiger partial charge is 0.344 e. The molecule has 1 heterocycles. The first kappa shape index (κ1) is 27.5. The molecule has 1 aliphatic rings. The predicted molar refractivity (Wildman–Crippen MR) is 129 cm³/mol. The van der Waals surface area contributed by atoms with Gasteiger partial charge in [-0.3, -0.25) is 15.0 Å². The Bertz CT molecular complexity index is 1460. The van der Waals surface area contributed by atoms with Crippen LogP contribution in [0.4, 0.5) is 15.8 Å². The minimum atomic E-state index is -5.25. The Hall–Kier alpha value is -4.11. The second-order valence-electron chi connectivity index (χ2n) is 7.66. The first-order valence-electron chi connectivity index (χ1n) is 9.96. The van der Waals surface area contributed by atoms with Crippen molar-refractivity contribution in [2.75, 3.05) is 10.7 Å². The molecule has 2 aromatic rings. The van der Waals surface area contributed by atoms with Gasteiger partial charge in [0.2, 0.25) is 5.95 Å². The van der Waals surface area contributed by atoms with Crippen LogP contribution in [0.1, 0.15) is 5.56 Å². The van der Waals surface area contributed by atoms with Crippen LogP contribution >= 0.6 is 15.9 Å². The molecule has 3 N–H and O–H groups in total. The van der Waals surface area contributed by atoms with Crippen molar-refractivity contribution in [3.05, 3.63) is 92.9 Å². The maximum Gasteiger partial charge on any atom is 0.344 e. The van der Waals surface area contributed by atoms with Gasteiger partial charge in [-0.25, -0.2) is 22.8 Å². The van der Waals surface area contributed by atoms with Gasteiger partial charge in [-0.2, -0.15) is 4.39 Å². The summed E-state index contributed by atoms with van der Waals surface area (Å²) in [5, 5.41) is 41.9. The predicted octanol–water partition coefficient (Wildman–Crippen LogP) is 2.85. The van der Waals surface area contributed by atoms with E-state index in [4.69, 9.17) is 0 Å². The fourth-order valence-corrected chi connectivity index (χ4v) is 6.99. The average molecular weight is 599 g/mol. The lowest BCUT2D eigenvalue weighted by Gasteiger charge is -2.43. The van der Waals surface area contributed by atoms with E-state index in [2.05, 4.69) is 22.5 Å². The van der Waals surface area contributed by atoms with Gasteiger partial charge in [-0.05, 0) is 29.8 Å². The molecule has 37 heavy (non-hydrogen) atoms. The molecular formula is C22H16BrFN2O10S. The SMILES string of the molecule is C=CCS(=O)(=O)C1(c2ccc(Br)cc2)C(C(=O)O)=C(F)N(c2ccc([N+](=O)[O-])cc2)C1(C(=O)O)C(=O)O. The second-order valence-corrected chi connectivity index (χ2v) is 10.7. The minimum absolute atomic E-state index is 0.0898. The third-order valence-electron chi connectivity index (χ3n) is 5.81. The summed E-state index contributed by atoms with van der Waals surface area (Å²) in [5.74, 6) is -10.2. The number of anilines is 1. The average Bonchev–Trinajstić information content (AvgIpc) is 3.07. The summed E-state index contributed by atoms with van der Waals surface area (Å²) < 4.78 is 40.6. The van der Waals surface area contributed by atoms with Crippen LogP contribution in [0.25, 0.3) is 0 Å². The lowest BCUT2D eigenvalue weighted by atomic mass is 9.75. The van der Waals surface area contributed by atoms with Crippen molar-refractivity contribution in [1.29, 1.82) is 0 Å². The number of sulfone groups is 1. The first-order chi connectivity index (χ1) is 17.2. The molecule has 1 aliphatic heterocycles. The Balaban J connectivity index is 2.67. The van der Waals surface area contributed by atoms with E-state index >= 15 is 4.39 Å². The highest BCUT2D eigenvalue weighted by molar-refractivity contribution is 9.10. The van der Waals surface area contributed by atoms with Gasteiger partial charge in [-0.1, -0.05) is 34.1 Å². The van der Waals surface area contributed by atoms with Crippen molar-refractivity contribution in [3.63, 3.8) is 0 Å². The molecule has 0 radical (unpaired) electrons. The number of benzene rings is 2. The molecule has 1 unspecified atom stereocenters. The fourth-order valence-electron chi connectivity index (χ4n) is 4.47. The van der Waals surface area contributed by atoms with Crippen molar-refractivity contribution >= 4 is 55.0 Å². The largest absolute Gasteiger partial charge is 0.479 e. The van der Waals surface area contributed by atoms with Crippen LogP contribution in [0.15, 0.2) is 77.2 Å². The van der Waals surface area contributed by atoms with Crippen molar-refractivity contribution in [2.24, 2.45) is 0 Å². The molecule has 15 heteroatoms. The van der Waals surface area contributed by atoms with E-state index in [9.17, 15) is 48.2 Å². The van der Waals surface area contributed by atoms with E-state index in [0.717, 1.165) is 42.5 Å². The molecule has 0 fully saturated rings. The number of hydrogen-bond acceptors (Lipinski definition) is 8. The highest BCUT2D eigenvalue weighted by Crippen LogP contribution is 2.59. The van der Waals surface area contributed by atoms with E-state index in [1.54, 1.807) is 0 Å². The summed E-state index contributed by atoms with van der Waals surface area (Å²) in [6.45, 7) is 3.27. The van der Waals surface area contributed by atoms with Crippen LogP contribution in [0.3, 0.4) is 0 Å². The van der Waals surface area contributed by atoms with E-state index in [1.165, 1.54) is 12.1 Å². The number of non-ortho nitro benzene ring substituents is 1. The minimum Gasteiger partial charge on any atom is -0.479 e. The molecule has 0 aliphatic carbocycles. The van der Waals surface area contributed by atoms with Crippen LogP contribution in [0, 0.1) is 10.1 Å². The van der Waals surface area contributed by atoms with Crippen LogP contribution in [-0.4, -0.2) is 57.9 Å². The summed E-state index contributed by atoms with van der Waals surface area (Å²) in [4.78, 5) is 48.4. The zero-order chi connectivity index (χ0) is 27.9. The number of carboxylic acids is 3. The number of nitro benzene ring substituents is 1. The van der Waals surface area contributed by atoms with Gasteiger partial charge in [0.1, 0.15) is 5.57 Å². The number of nitrogens with zero attached hydrogens (tertiary/aromatic N) is 2. The summed E-state index contributed by atoms with van der Waals surface area (Å²) in [7, 11) is -5.25. The van der Waals surface area contributed by atoms with E-state index in [0.29, 0.717) is 4.47 Å². The lowest BCUT2D eigenvalue weighted by Crippen LogP contribution is -2.71. The van der Waals surface area contributed by atoms with Crippen LogP contribution in [0.2, 0.25) is 0 Å². The Morgan fingerprint density at radius 1 is 1.05 bits per heavy atom. The van der Waals surface area contributed by atoms with Crippen molar-refractivity contribution in [2.45, 2.75) is 10.3 Å². The van der Waals surface area contributed by atoms with Crippen molar-refractivity contribution < 1.29 is 47.4 Å². The molecule has 0 saturated carbocycles. The van der Waals surface area contributed by atoms with Gasteiger partial charge in [0.15, 0.2) is 14.6 Å². The monoisotopic (exact) mass is 598 g/mol. The molecule has 12 nitrogen and oxygen atoms in total. The number of carbonyl (C=O) groups is 3. The van der Waals surface area contributed by atoms with E-state index in [-0.39, 0.29) is 4.90 Å². The Morgan fingerprint density at radius 3 is 1.97 bits per heavy atom. The summed E-state index contributed by atoms with van der Waals surface area (Å²) in [6.07, 6.45) is 0.774. The Morgan fingerprint density at radius 2 is 1.57 bits per heavy atom. The van der Waals surface area contributed by atoms with Crippen LogP contribution in [-0.2, 0) is 29.0 Å². The molecule has 0 aromatic heterocycles. The van der Waals surface area contributed by atoms with Gasteiger partial charge in [0.05, 0.1) is 10.7 Å². The molecule has 1 atom stereocenters. The van der Waals surface area contributed by atoms with Crippen molar-refractivity contribution in [1.82, 2.24) is 0 Å². The quantitative estimate of drug-likeness (QED) is 0.126. The first-order valence-corrected chi connectivity index (χ1v) is 12.4. The second kappa shape index (κ2) is 9.40. The highest BCUT2D eigenvalue weighted by Gasteiger charge is 2.80. The molecule has 0 amide bonds. The summed E-state index contributed by atoms with van der Waals surface area (Å²) in [6, 6.07) is 7.43.